The number of sulfonamides is 2. The van der Waals surface area contributed by atoms with Crippen molar-refractivity contribution in [1.82, 2.24) is 0 Å². The zero-order valence-electron chi connectivity index (χ0n) is 14.5. The van der Waals surface area contributed by atoms with Crippen molar-refractivity contribution in [3.8, 4) is 0 Å². The van der Waals surface area contributed by atoms with Crippen LogP contribution in [0.15, 0.2) is 58.3 Å². The van der Waals surface area contributed by atoms with E-state index in [0.29, 0.717) is 5.69 Å². The molecule has 3 rings (SSSR count). The Morgan fingerprint density at radius 1 is 1.04 bits per heavy atom. The highest BCUT2D eigenvalue weighted by Gasteiger charge is 2.35. The van der Waals surface area contributed by atoms with Gasteiger partial charge >= 0.3 is 0 Å². The van der Waals surface area contributed by atoms with Crippen LogP contribution in [0.1, 0.15) is 31.7 Å². The Labute approximate surface area is 154 Å². The van der Waals surface area contributed by atoms with Crippen LogP contribution in [0.2, 0.25) is 0 Å². The number of hydrogen-bond acceptors (Lipinski definition) is 4. The second-order valence-electron chi connectivity index (χ2n) is 6.43. The molecule has 0 fully saturated rings. The summed E-state index contributed by atoms with van der Waals surface area (Å²) in [5.41, 5.74) is 1.64. The third-order valence-electron chi connectivity index (χ3n) is 4.62. The highest BCUT2D eigenvalue weighted by Crippen LogP contribution is 2.37. The van der Waals surface area contributed by atoms with Gasteiger partial charge in [0.2, 0.25) is 10.0 Å². The average Bonchev–Trinajstić information content (AvgIpc) is 2.61. The zero-order valence-corrected chi connectivity index (χ0v) is 16.1. The van der Waals surface area contributed by atoms with Gasteiger partial charge in [-0.3, -0.25) is 4.31 Å². The summed E-state index contributed by atoms with van der Waals surface area (Å²) in [5, 5.41) is 5.16. The fourth-order valence-electron chi connectivity index (χ4n) is 3.42. The van der Waals surface area contributed by atoms with Crippen LogP contribution in [0.3, 0.4) is 0 Å². The monoisotopic (exact) mass is 394 g/mol. The minimum atomic E-state index is -3.98. The molecule has 0 saturated heterocycles. The first-order valence-electron chi connectivity index (χ1n) is 8.50. The largest absolute Gasteiger partial charge is 0.264 e. The van der Waals surface area contributed by atoms with E-state index in [2.05, 4.69) is 0 Å². The van der Waals surface area contributed by atoms with Crippen LogP contribution >= 0.6 is 0 Å². The molecule has 0 spiro atoms. The van der Waals surface area contributed by atoms with Crippen molar-refractivity contribution in [2.45, 2.75) is 48.4 Å². The molecular formula is C18H22N2O4S2. The number of para-hydroxylation sites is 1. The molecule has 140 valence electrons. The van der Waals surface area contributed by atoms with Crippen molar-refractivity contribution in [2.75, 3.05) is 4.31 Å². The van der Waals surface area contributed by atoms with Crippen LogP contribution < -0.4 is 9.44 Å². The predicted octanol–water partition coefficient (Wildman–Crippen LogP) is 2.64. The summed E-state index contributed by atoms with van der Waals surface area (Å²) in [4.78, 5) is -0.280. The Balaban J connectivity index is 2.15. The lowest BCUT2D eigenvalue weighted by atomic mass is 9.95. The lowest BCUT2D eigenvalue weighted by Gasteiger charge is -2.38. The van der Waals surface area contributed by atoms with Crippen molar-refractivity contribution >= 4 is 25.7 Å². The summed E-state index contributed by atoms with van der Waals surface area (Å²) in [5.74, 6) is 0. The van der Waals surface area contributed by atoms with Gasteiger partial charge in [-0.2, -0.15) is 0 Å². The molecule has 8 heteroatoms. The molecule has 1 heterocycles. The molecule has 0 aromatic heterocycles. The van der Waals surface area contributed by atoms with E-state index < -0.39 is 20.0 Å². The van der Waals surface area contributed by atoms with Gasteiger partial charge in [0.05, 0.1) is 15.5 Å². The van der Waals surface area contributed by atoms with Crippen LogP contribution in [-0.4, -0.2) is 22.9 Å². The third-order valence-corrected chi connectivity index (χ3v) is 7.39. The minimum Gasteiger partial charge on any atom is -0.263 e. The Bertz CT molecular complexity index is 1020. The first-order chi connectivity index (χ1) is 12.2. The van der Waals surface area contributed by atoms with Crippen LogP contribution in [0.25, 0.3) is 0 Å². The van der Waals surface area contributed by atoms with Gasteiger partial charge in [-0.15, -0.1) is 0 Å². The summed E-state index contributed by atoms with van der Waals surface area (Å²) < 4.78 is 51.5. The highest BCUT2D eigenvalue weighted by atomic mass is 32.2. The van der Waals surface area contributed by atoms with E-state index in [-0.39, 0.29) is 15.8 Å². The van der Waals surface area contributed by atoms with E-state index in [9.17, 15) is 16.8 Å². The maximum Gasteiger partial charge on any atom is 0.264 e. The number of primary sulfonamides is 1. The fourth-order valence-corrected chi connectivity index (χ4v) is 5.85. The molecule has 0 aliphatic carbocycles. The van der Waals surface area contributed by atoms with Crippen molar-refractivity contribution in [3.05, 3.63) is 54.1 Å². The molecule has 2 aromatic carbocycles. The number of benzene rings is 2. The van der Waals surface area contributed by atoms with Gasteiger partial charge < -0.3 is 0 Å². The zero-order chi connectivity index (χ0) is 18.9. The second kappa shape index (κ2) is 7.02. The van der Waals surface area contributed by atoms with E-state index >= 15 is 0 Å². The van der Waals surface area contributed by atoms with E-state index in [1.165, 1.54) is 22.5 Å². The Morgan fingerprint density at radius 2 is 1.73 bits per heavy atom. The van der Waals surface area contributed by atoms with E-state index in [4.69, 9.17) is 5.14 Å². The molecule has 1 aliphatic heterocycles. The molecule has 6 nitrogen and oxygen atoms in total. The molecule has 0 radical (unpaired) electrons. The smallest absolute Gasteiger partial charge is 0.263 e. The number of fused-ring (bicyclic) bond motifs is 1. The Kier molecular flexibility index (Phi) is 5.09. The van der Waals surface area contributed by atoms with Gasteiger partial charge in [-0.25, -0.2) is 22.0 Å². The summed E-state index contributed by atoms with van der Waals surface area (Å²) in [7, 11) is -7.90. The quantitative estimate of drug-likeness (QED) is 0.843. The normalized spacial score (nSPS) is 17.8. The molecule has 2 aromatic rings. The summed E-state index contributed by atoms with van der Waals surface area (Å²) >= 11 is 0. The van der Waals surface area contributed by atoms with Gasteiger partial charge in [-0.1, -0.05) is 37.6 Å². The van der Waals surface area contributed by atoms with Crippen molar-refractivity contribution in [2.24, 2.45) is 5.14 Å². The lowest BCUT2D eigenvalue weighted by molar-refractivity contribution is 0.519. The maximum atomic E-state index is 13.4. The molecule has 0 unspecified atom stereocenters. The number of rotatable bonds is 5. The molecule has 0 saturated carbocycles. The minimum absolute atomic E-state index is 0.0677. The van der Waals surface area contributed by atoms with E-state index in [0.717, 1.165) is 37.3 Å². The Hall–Kier alpha value is -1.90. The van der Waals surface area contributed by atoms with Crippen LogP contribution in [0.5, 0.6) is 0 Å². The molecule has 0 amide bonds. The van der Waals surface area contributed by atoms with Gasteiger partial charge in [0, 0.05) is 6.04 Å². The number of anilines is 1. The van der Waals surface area contributed by atoms with Crippen LogP contribution in [0.4, 0.5) is 5.69 Å². The second-order valence-corrected chi connectivity index (χ2v) is 9.81. The summed E-state index contributed by atoms with van der Waals surface area (Å²) in [6.07, 6.45) is 3.15. The highest BCUT2D eigenvalue weighted by molar-refractivity contribution is 7.93. The van der Waals surface area contributed by atoms with E-state index in [1.807, 2.05) is 25.1 Å². The van der Waals surface area contributed by atoms with Crippen molar-refractivity contribution < 1.29 is 16.8 Å². The standard InChI is InChI=1S/C18H22N2O4S2/c1-2-6-15-12-11-14-7-3-4-10-18(14)20(15)26(23,24)17-9-5-8-16(13-17)25(19,21)22/h3-5,7-10,13,15H,2,6,11-12H2,1H3,(H2,19,21,22)/t15-/m0/s1. The van der Waals surface area contributed by atoms with Crippen molar-refractivity contribution in [3.63, 3.8) is 0 Å². The fraction of sp³-hybridized carbons (Fsp3) is 0.333. The first kappa shape index (κ1) is 18.9. The molecule has 0 bridgehead atoms. The summed E-state index contributed by atoms with van der Waals surface area (Å²) in [6.45, 7) is 2.02. The van der Waals surface area contributed by atoms with Gasteiger partial charge in [0.25, 0.3) is 10.0 Å². The van der Waals surface area contributed by atoms with Crippen molar-refractivity contribution in [1.29, 1.82) is 0 Å². The number of nitrogens with zero attached hydrogens (tertiary/aromatic N) is 1. The molecule has 26 heavy (non-hydrogen) atoms. The average molecular weight is 395 g/mol. The molecule has 2 N–H and O–H groups in total. The molecule has 1 atom stereocenters. The van der Waals surface area contributed by atoms with E-state index in [1.54, 1.807) is 6.07 Å². The Morgan fingerprint density at radius 3 is 2.42 bits per heavy atom. The van der Waals surface area contributed by atoms with Gasteiger partial charge in [0.15, 0.2) is 0 Å². The summed E-state index contributed by atoms with van der Waals surface area (Å²) in [6, 6.07) is 12.5. The lowest BCUT2D eigenvalue weighted by Crippen LogP contribution is -2.43. The molecule has 1 aliphatic rings. The van der Waals surface area contributed by atoms with Gasteiger partial charge in [-0.05, 0) is 49.1 Å². The maximum absolute atomic E-state index is 13.4. The van der Waals surface area contributed by atoms with Crippen LogP contribution in [0, 0.1) is 0 Å². The first-order valence-corrected chi connectivity index (χ1v) is 11.5. The van der Waals surface area contributed by atoms with Gasteiger partial charge in [0.1, 0.15) is 0 Å². The SMILES string of the molecule is CCC[C@H]1CCc2ccccc2N1S(=O)(=O)c1cccc(S(N)(=O)=O)c1. The van der Waals surface area contributed by atoms with Crippen LogP contribution in [-0.2, 0) is 26.5 Å². The predicted molar refractivity (Wildman–Crippen MR) is 101 cm³/mol. The molecular weight excluding hydrogens is 372 g/mol. The third kappa shape index (κ3) is 3.49. The number of aryl methyl sites for hydroxylation is 1. The topological polar surface area (TPSA) is 97.5 Å². The number of nitrogens with two attached hydrogens (primary N) is 1. The number of hydrogen-bond donors (Lipinski definition) is 1.